The molecule has 0 aliphatic carbocycles. The first-order valence-corrected chi connectivity index (χ1v) is 11.2. The van der Waals surface area contributed by atoms with Gasteiger partial charge in [0, 0.05) is 19.1 Å². The van der Waals surface area contributed by atoms with E-state index in [2.05, 4.69) is 5.32 Å². The van der Waals surface area contributed by atoms with Gasteiger partial charge < -0.3 is 5.32 Å². The van der Waals surface area contributed by atoms with Crippen LogP contribution in [0.25, 0.3) is 0 Å². The SMILES string of the molecule is CC1CCCCN1S(=O)(=O)c1ccc(CCNC(=O)c2cccs2)cc1. The van der Waals surface area contributed by atoms with E-state index in [9.17, 15) is 13.2 Å². The van der Waals surface area contributed by atoms with Crippen molar-refractivity contribution < 1.29 is 13.2 Å². The molecule has 5 nitrogen and oxygen atoms in total. The van der Waals surface area contributed by atoms with Crippen LogP contribution in [-0.2, 0) is 16.4 Å². The van der Waals surface area contributed by atoms with Gasteiger partial charge in [0.15, 0.2) is 0 Å². The summed E-state index contributed by atoms with van der Waals surface area (Å²) in [6.45, 7) is 3.09. The molecule has 1 amide bonds. The maximum atomic E-state index is 12.8. The van der Waals surface area contributed by atoms with Crippen molar-refractivity contribution in [2.45, 2.75) is 43.5 Å². The highest BCUT2D eigenvalue weighted by atomic mass is 32.2. The van der Waals surface area contributed by atoms with Crippen LogP contribution in [0.1, 0.15) is 41.4 Å². The molecule has 1 N–H and O–H groups in total. The first kappa shape index (κ1) is 19.1. The van der Waals surface area contributed by atoms with Crippen molar-refractivity contribution in [3.63, 3.8) is 0 Å². The zero-order valence-corrected chi connectivity index (χ0v) is 16.5. The van der Waals surface area contributed by atoms with Crippen LogP contribution >= 0.6 is 11.3 Å². The molecule has 2 aromatic rings. The van der Waals surface area contributed by atoms with Crippen molar-refractivity contribution in [2.24, 2.45) is 0 Å². The second kappa shape index (κ2) is 8.33. The summed E-state index contributed by atoms with van der Waals surface area (Å²) >= 11 is 1.41. The Labute approximate surface area is 159 Å². The summed E-state index contributed by atoms with van der Waals surface area (Å²) in [7, 11) is -3.43. The molecule has 1 unspecified atom stereocenters. The molecule has 1 aliphatic rings. The summed E-state index contributed by atoms with van der Waals surface area (Å²) in [4.78, 5) is 12.9. The summed E-state index contributed by atoms with van der Waals surface area (Å²) < 4.78 is 27.2. The van der Waals surface area contributed by atoms with Crippen molar-refractivity contribution in [3.05, 3.63) is 52.2 Å². The molecule has 7 heteroatoms. The lowest BCUT2D eigenvalue weighted by atomic mass is 10.1. The Bertz CT molecular complexity index is 830. The van der Waals surface area contributed by atoms with Crippen LogP contribution in [0.5, 0.6) is 0 Å². The number of thiophene rings is 1. The maximum Gasteiger partial charge on any atom is 0.261 e. The highest BCUT2D eigenvalue weighted by molar-refractivity contribution is 7.89. The topological polar surface area (TPSA) is 66.5 Å². The van der Waals surface area contributed by atoms with Gasteiger partial charge in [0.1, 0.15) is 0 Å². The number of hydrogen-bond acceptors (Lipinski definition) is 4. The van der Waals surface area contributed by atoms with Crippen LogP contribution in [0.15, 0.2) is 46.7 Å². The number of piperidine rings is 1. The minimum atomic E-state index is -3.43. The van der Waals surface area contributed by atoms with Crippen LogP contribution in [0.2, 0.25) is 0 Å². The number of nitrogens with zero attached hydrogens (tertiary/aromatic N) is 1. The van der Waals surface area contributed by atoms with Gasteiger partial charge in [0.05, 0.1) is 9.77 Å². The molecule has 1 aromatic heterocycles. The summed E-state index contributed by atoms with van der Waals surface area (Å²) in [6.07, 6.45) is 3.59. The van der Waals surface area contributed by atoms with Crippen molar-refractivity contribution in [1.29, 1.82) is 0 Å². The Morgan fingerprint density at radius 2 is 2.00 bits per heavy atom. The molecule has 140 valence electrons. The van der Waals surface area contributed by atoms with E-state index < -0.39 is 10.0 Å². The minimum absolute atomic E-state index is 0.0564. The van der Waals surface area contributed by atoms with E-state index >= 15 is 0 Å². The van der Waals surface area contributed by atoms with Crippen LogP contribution in [0, 0.1) is 0 Å². The number of carbonyl (C=O) groups excluding carboxylic acids is 1. The number of nitrogens with one attached hydrogen (secondary N) is 1. The molecule has 0 saturated carbocycles. The molecule has 26 heavy (non-hydrogen) atoms. The lowest BCUT2D eigenvalue weighted by Crippen LogP contribution is -2.41. The second-order valence-corrected chi connectivity index (χ2v) is 9.43. The second-order valence-electron chi connectivity index (χ2n) is 6.59. The van der Waals surface area contributed by atoms with Gasteiger partial charge in [-0.25, -0.2) is 8.42 Å². The third kappa shape index (κ3) is 4.34. The molecule has 1 saturated heterocycles. The molecule has 0 bridgehead atoms. The largest absolute Gasteiger partial charge is 0.351 e. The fourth-order valence-corrected chi connectivity index (χ4v) is 5.55. The molecule has 2 heterocycles. The van der Waals surface area contributed by atoms with Gasteiger partial charge in [-0.2, -0.15) is 4.31 Å². The van der Waals surface area contributed by atoms with Crippen molar-refractivity contribution in [1.82, 2.24) is 9.62 Å². The fraction of sp³-hybridized carbons (Fsp3) is 0.421. The van der Waals surface area contributed by atoms with E-state index in [1.54, 1.807) is 22.5 Å². The van der Waals surface area contributed by atoms with Gasteiger partial charge in [0.25, 0.3) is 5.91 Å². The van der Waals surface area contributed by atoms with E-state index in [1.807, 2.05) is 30.5 Å². The van der Waals surface area contributed by atoms with E-state index in [1.165, 1.54) is 11.3 Å². The van der Waals surface area contributed by atoms with Crippen LogP contribution in [-0.4, -0.2) is 37.8 Å². The maximum absolute atomic E-state index is 12.8. The fourth-order valence-electron chi connectivity index (χ4n) is 3.21. The molecule has 1 aromatic carbocycles. The zero-order valence-electron chi connectivity index (χ0n) is 14.8. The molecule has 0 spiro atoms. The van der Waals surface area contributed by atoms with E-state index in [0.29, 0.717) is 29.3 Å². The van der Waals surface area contributed by atoms with Gasteiger partial charge in [-0.15, -0.1) is 11.3 Å². The summed E-state index contributed by atoms with van der Waals surface area (Å²) in [6, 6.07) is 10.7. The van der Waals surface area contributed by atoms with Crippen LogP contribution in [0.4, 0.5) is 0 Å². The molecular weight excluding hydrogens is 368 g/mol. The average molecular weight is 393 g/mol. The Morgan fingerprint density at radius 3 is 2.65 bits per heavy atom. The van der Waals surface area contributed by atoms with E-state index in [-0.39, 0.29) is 11.9 Å². The first-order valence-electron chi connectivity index (χ1n) is 8.91. The van der Waals surface area contributed by atoms with Crippen molar-refractivity contribution >= 4 is 27.3 Å². The predicted molar refractivity (Wildman–Crippen MR) is 104 cm³/mol. The van der Waals surface area contributed by atoms with Gasteiger partial charge in [0.2, 0.25) is 10.0 Å². The van der Waals surface area contributed by atoms with Gasteiger partial charge in [-0.1, -0.05) is 24.6 Å². The smallest absolute Gasteiger partial charge is 0.261 e. The van der Waals surface area contributed by atoms with Gasteiger partial charge in [-0.05, 0) is 55.3 Å². The number of rotatable bonds is 6. The number of benzene rings is 1. The summed E-state index contributed by atoms with van der Waals surface area (Å²) in [5, 5.41) is 4.75. The summed E-state index contributed by atoms with van der Waals surface area (Å²) in [5.74, 6) is -0.0710. The quantitative estimate of drug-likeness (QED) is 0.820. The molecular formula is C19H24N2O3S2. The van der Waals surface area contributed by atoms with Crippen molar-refractivity contribution in [2.75, 3.05) is 13.1 Å². The number of sulfonamides is 1. The zero-order chi connectivity index (χ0) is 18.6. The molecule has 1 atom stereocenters. The average Bonchev–Trinajstić information content (AvgIpc) is 3.17. The Hall–Kier alpha value is -1.70. The molecule has 0 radical (unpaired) electrons. The monoisotopic (exact) mass is 392 g/mol. The number of carbonyl (C=O) groups is 1. The molecule has 1 fully saturated rings. The highest BCUT2D eigenvalue weighted by Crippen LogP contribution is 2.25. The lowest BCUT2D eigenvalue weighted by molar-refractivity contribution is 0.0958. The first-order chi connectivity index (χ1) is 12.5. The number of amides is 1. The summed E-state index contributed by atoms with van der Waals surface area (Å²) in [5.41, 5.74) is 1.00. The number of hydrogen-bond donors (Lipinski definition) is 1. The molecule has 3 rings (SSSR count). The predicted octanol–water partition coefficient (Wildman–Crippen LogP) is 3.28. The third-order valence-corrected chi connectivity index (χ3v) is 7.61. The molecule has 1 aliphatic heterocycles. The van der Waals surface area contributed by atoms with E-state index in [0.717, 1.165) is 24.8 Å². The Kier molecular flexibility index (Phi) is 6.11. The van der Waals surface area contributed by atoms with Gasteiger partial charge >= 0.3 is 0 Å². The minimum Gasteiger partial charge on any atom is -0.351 e. The highest BCUT2D eigenvalue weighted by Gasteiger charge is 2.30. The Balaban J connectivity index is 1.58. The standard InChI is InChI=1S/C19H24N2O3S2/c1-15-5-2-3-13-21(15)26(23,24)17-9-7-16(8-10-17)11-12-20-19(22)18-6-4-14-25-18/h4,6-10,14-15H,2-3,5,11-13H2,1H3,(H,20,22). The van der Waals surface area contributed by atoms with E-state index in [4.69, 9.17) is 0 Å². The normalized spacial score (nSPS) is 18.6. The Morgan fingerprint density at radius 1 is 1.23 bits per heavy atom. The van der Waals surface area contributed by atoms with Crippen LogP contribution < -0.4 is 5.32 Å². The van der Waals surface area contributed by atoms with Crippen molar-refractivity contribution in [3.8, 4) is 0 Å². The van der Waals surface area contributed by atoms with Gasteiger partial charge in [-0.3, -0.25) is 4.79 Å². The third-order valence-electron chi connectivity index (χ3n) is 4.72. The van der Waals surface area contributed by atoms with Crippen LogP contribution in [0.3, 0.4) is 0 Å². The lowest BCUT2D eigenvalue weighted by Gasteiger charge is -2.32.